The molecule has 2 aliphatic rings. The van der Waals surface area contributed by atoms with Gasteiger partial charge in [-0.25, -0.2) is 4.99 Å². The number of aromatic nitrogens is 2. The van der Waals surface area contributed by atoms with Crippen LogP contribution in [0, 0.1) is 5.92 Å². The van der Waals surface area contributed by atoms with Crippen LogP contribution in [-0.2, 0) is 16.0 Å². The summed E-state index contributed by atoms with van der Waals surface area (Å²) in [5.41, 5.74) is 2.75. The van der Waals surface area contributed by atoms with Crippen LogP contribution in [0.15, 0.2) is 40.6 Å². The first-order valence-corrected chi connectivity index (χ1v) is 8.74. The van der Waals surface area contributed by atoms with E-state index in [1.165, 1.54) is 0 Å². The maximum atomic E-state index is 12.4. The maximum absolute atomic E-state index is 12.4. The van der Waals surface area contributed by atoms with Gasteiger partial charge in [0.1, 0.15) is 4.88 Å². The van der Waals surface area contributed by atoms with E-state index in [1.54, 1.807) is 25.3 Å². The summed E-state index contributed by atoms with van der Waals surface area (Å²) in [6.45, 7) is 2.39. The Morgan fingerprint density at radius 1 is 1.44 bits per heavy atom. The molecule has 0 saturated carbocycles. The quantitative estimate of drug-likeness (QED) is 0.867. The van der Waals surface area contributed by atoms with E-state index in [1.807, 2.05) is 13.0 Å². The van der Waals surface area contributed by atoms with Gasteiger partial charge in [-0.15, -0.1) is 5.10 Å². The van der Waals surface area contributed by atoms with Gasteiger partial charge in [0, 0.05) is 24.8 Å². The van der Waals surface area contributed by atoms with Gasteiger partial charge < -0.3 is 10.1 Å². The molecule has 25 heavy (non-hydrogen) atoms. The monoisotopic (exact) mass is 358 g/mol. The molecule has 1 unspecified atom stereocenters. The Hall–Kier alpha value is -2.45. The Labute approximate surface area is 149 Å². The number of nitrogens with one attached hydrogen (secondary N) is 1. The van der Waals surface area contributed by atoms with Crippen molar-refractivity contribution in [3.05, 3.63) is 46.1 Å². The average Bonchev–Trinajstić information content (AvgIpc) is 3.03. The normalized spacial score (nSPS) is 20.8. The summed E-state index contributed by atoms with van der Waals surface area (Å²) in [6.07, 6.45) is 8.53. The fourth-order valence-electron chi connectivity index (χ4n) is 2.78. The molecular weight excluding hydrogens is 340 g/mol. The molecule has 0 aromatic carbocycles. The lowest BCUT2D eigenvalue weighted by molar-refractivity contribution is -0.116. The number of aliphatic imine (C=N–C) groups is 1. The highest BCUT2D eigenvalue weighted by Gasteiger charge is 2.26. The largest absolute Gasteiger partial charge is 0.380 e. The van der Waals surface area contributed by atoms with Crippen molar-refractivity contribution in [2.75, 3.05) is 13.7 Å². The molecule has 0 saturated heterocycles. The number of methoxy groups -OCH3 is 1. The van der Waals surface area contributed by atoms with Gasteiger partial charge in [-0.3, -0.25) is 9.59 Å². The lowest BCUT2D eigenvalue weighted by atomic mass is 9.88. The molecule has 3 rings (SSSR count). The van der Waals surface area contributed by atoms with Gasteiger partial charge in [0.2, 0.25) is 5.91 Å². The first-order valence-electron chi connectivity index (χ1n) is 7.96. The van der Waals surface area contributed by atoms with E-state index in [-0.39, 0.29) is 17.7 Å². The van der Waals surface area contributed by atoms with Crippen molar-refractivity contribution in [3.63, 3.8) is 0 Å². The second kappa shape index (κ2) is 7.62. The third-order valence-electron chi connectivity index (χ3n) is 3.86. The van der Waals surface area contributed by atoms with Gasteiger partial charge in [0.15, 0.2) is 0 Å². The van der Waals surface area contributed by atoms with E-state index >= 15 is 0 Å². The van der Waals surface area contributed by atoms with Gasteiger partial charge in [-0.05, 0) is 35.7 Å². The first kappa shape index (κ1) is 17.4. The van der Waals surface area contributed by atoms with Crippen LogP contribution < -0.4 is 5.32 Å². The SMILES string of the molecule is CCCc1nnsc1C(=O)N=C1C=CC2C(COC)=CC(=O)NC2=C1. The number of fused-ring (bicyclic) bond motifs is 1. The zero-order valence-electron chi connectivity index (χ0n) is 14.0. The van der Waals surface area contributed by atoms with Crippen molar-refractivity contribution >= 4 is 29.1 Å². The van der Waals surface area contributed by atoms with Crippen LogP contribution in [0.4, 0.5) is 0 Å². The highest BCUT2D eigenvalue weighted by atomic mass is 32.1. The van der Waals surface area contributed by atoms with Crippen LogP contribution >= 0.6 is 11.5 Å². The Morgan fingerprint density at radius 2 is 2.28 bits per heavy atom. The van der Waals surface area contributed by atoms with E-state index in [4.69, 9.17) is 4.74 Å². The van der Waals surface area contributed by atoms with Crippen LogP contribution in [0.1, 0.15) is 28.7 Å². The number of ether oxygens (including phenoxy) is 1. The Morgan fingerprint density at radius 3 is 3.04 bits per heavy atom. The lowest BCUT2D eigenvalue weighted by Gasteiger charge is -2.27. The van der Waals surface area contributed by atoms with E-state index in [9.17, 15) is 9.59 Å². The molecule has 130 valence electrons. The summed E-state index contributed by atoms with van der Waals surface area (Å²) in [7, 11) is 1.59. The van der Waals surface area contributed by atoms with Gasteiger partial charge in [-0.1, -0.05) is 23.9 Å². The number of allylic oxidation sites excluding steroid dienone is 3. The number of aryl methyl sites for hydroxylation is 1. The Balaban J connectivity index is 1.84. The lowest BCUT2D eigenvalue weighted by Crippen LogP contribution is -2.34. The number of nitrogens with zero attached hydrogens (tertiary/aromatic N) is 3. The Kier molecular flexibility index (Phi) is 5.30. The van der Waals surface area contributed by atoms with E-state index in [0.717, 1.165) is 23.5 Å². The molecule has 1 aliphatic heterocycles. The standard InChI is InChI=1S/C17H18N4O3S/c1-3-4-13-16(25-21-20-13)17(23)18-11-5-6-12-10(9-24-2)7-15(22)19-14(12)8-11/h5-8,12H,3-4,9H2,1-2H3,(H,19,22). The summed E-state index contributed by atoms with van der Waals surface area (Å²) in [6, 6.07) is 0. The minimum absolute atomic E-state index is 0.0626. The number of amides is 2. The second-order valence-corrected chi connectivity index (χ2v) is 6.47. The first-order chi connectivity index (χ1) is 12.1. The second-order valence-electron chi connectivity index (χ2n) is 5.72. The number of hydrogen-bond acceptors (Lipinski definition) is 6. The molecule has 1 aliphatic carbocycles. The fourth-order valence-corrected chi connectivity index (χ4v) is 3.37. The highest BCUT2D eigenvalue weighted by Crippen LogP contribution is 2.27. The molecule has 8 heteroatoms. The van der Waals surface area contributed by atoms with Gasteiger partial charge in [0.05, 0.1) is 18.0 Å². The van der Waals surface area contributed by atoms with Crippen molar-refractivity contribution in [2.24, 2.45) is 10.9 Å². The Bertz CT molecular complexity index is 820. The fraction of sp³-hybridized carbons (Fsp3) is 0.353. The summed E-state index contributed by atoms with van der Waals surface area (Å²) in [5, 5.41) is 6.79. The topological polar surface area (TPSA) is 93.5 Å². The zero-order valence-corrected chi connectivity index (χ0v) is 14.8. The minimum atomic E-state index is -0.358. The molecule has 7 nitrogen and oxygen atoms in total. The molecule has 1 N–H and O–H groups in total. The average molecular weight is 358 g/mol. The highest BCUT2D eigenvalue weighted by molar-refractivity contribution is 7.08. The summed E-state index contributed by atoms with van der Waals surface area (Å²) < 4.78 is 9.00. The summed E-state index contributed by atoms with van der Waals surface area (Å²) in [5.74, 6) is -0.622. The van der Waals surface area contributed by atoms with Gasteiger partial charge in [-0.2, -0.15) is 0 Å². The minimum Gasteiger partial charge on any atom is -0.380 e. The molecule has 0 spiro atoms. The number of rotatable bonds is 5. The van der Waals surface area contributed by atoms with E-state index < -0.39 is 0 Å². The van der Waals surface area contributed by atoms with Crippen LogP contribution in [0.25, 0.3) is 0 Å². The maximum Gasteiger partial charge on any atom is 0.291 e. The molecule has 1 aromatic heterocycles. The molecule has 0 fully saturated rings. The third kappa shape index (κ3) is 3.80. The van der Waals surface area contributed by atoms with Crippen molar-refractivity contribution in [2.45, 2.75) is 19.8 Å². The molecule has 2 heterocycles. The van der Waals surface area contributed by atoms with Crippen molar-refractivity contribution in [3.8, 4) is 0 Å². The van der Waals surface area contributed by atoms with Crippen molar-refractivity contribution in [1.82, 2.24) is 14.9 Å². The number of hydrogen-bond donors (Lipinski definition) is 1. The molecule has 1 aromatic rings. The molecule has 1 atom stereocenters. The predicted octanol–water partition coefficient (Wildman–Crippen LogP) is 1.84. The predicted molar refractivity (Wildman–Crippen MR) is 94.5 cm³/mol. The van der Waals surface area contributed by atoms with Crippen molar-refractivity contribution < 1.29 is 14.3 Å². The van der Waals surface area contributed by atoms with Gasteiger partial charge >= 0.3 is 0 Å². The smallest absolute Gasteiger partial charge is 0.291 e. The van der Waals surface area contributed by atoms with E-state index in [0.29, 0.717) is 35.0 Å². The molecule has 2 amide bonds. The van der Waals surface area contributed by atoms with E-state index in [2.05, 4.69) is 19.9 Å². The van der Waals surface area contributed by atoms with Crippen LogP contribution in [0.5, 0.6) is 0 Å². The summed E-state index contributed by atoms with van der Waals surface area (Å²) >= 11 is 1.06. The van der Waals surface area contributed by atoms with Crippen molar-refractivity contribution in [1.29, 1.82) is 0 Å². The number of carbonyl (C=O) groups excluding carboxylic acids is 2. The zero-order chi connectivity index (χ0) is 17.8. The van der Waals surface area contributed by atoms with Crippen LogP contribution in [0.2, 0.25) is 0 Å². The third-order valence-corrected chi connectivity index (χ3v) is 4.62. The summed E-state index contributed by atoms with van der Waals surface area (Å²) in [4.78, 5) is 28.8. The molecule has 0 radical (unpaired) electrons. The molecular formula is C17H18N4O3S. The van der Waals surface area contributed by atoms with Crippen LogP contribution in [-0.4, -0.2) is 40.8 Å². The molecule has 0 bridgehead atoms. The number of carbonyl (C=O) groups is 2. The van der Waals surface area contributed by atoms with Crippen LogP contribution in [0.3, 0.4) is 0 Å². The van der Waals surface area contributed by atoms with Gasteiger partial charge in [0.25, 0.3) is 5.91 Å².